The fourth-order valence-electron chi connectivity index (χ4n) is 0.183. The van der Waals surface area contributed by atoms with Gasteiger partial charge in [0, 0.05) is 6.92 Å². The van der Waals surface area contributed by atoms with Crippen molar-refractivity contribution in [3.8, 4) is 0 Å². The summed E-state index contributed by atoms with van der Waals surface area (Å²) in [6, 6.07) is 0. The van der Waals surface area contributed by atoms with Crippen molar-refractivity contribution < 1.29 is 4.58 Å². The fourth-order valence-corrected chi connectivity index (χ4v) is 0.183. The van der Waals surface area contributed by atoms with E-state index in [1.807, 2.05) is 6.92 Å². The van der Waals surface area contributed by atoms with E-state index in [4.69, 9.17) is 0 Å². The molecule has 0 atom stereocenters. The molecule has 0 amide bonds. The first kappa shape index (κ1) is 5.67. The molecule has 0 saturated carbocycles. The molecule has 0 aromatic heterocycles. The summed E-state index contributed by atoms with van der Waals surface area (Å²) in [4.78, 5) is 0. The van der Waals surface area contributed by atoms with Crippen LogP contribution < -0.4 is 0 Å². The van der Waals surface area contributed by atoms with Gasteiger partial charge in [-0.15, -0.1) is 0 Å². The lowest BCUT2D eigenvalue weighted by molar-refractivity contribution is -0.488. The van der Waals surface area contributed by atoms with Crippen LogP contribution in [0.3, 0.4) is 0 Å². The Morgan fingerprint density at radius 3 is 2.17 bits per heavy atom. The highest BCUT2D eigenvalue weighted by Crippen LogP contribution is 1.58. The van der Waals surface area contributed by atoms with Gasteiger partial charge >= 0.3 is 0 Å². The molecule has 0 rings (SSSR count). The summed E-state index contributed by atoms with van der Waals surface area (Å²) in [5.74, 6) is 0. The van der Waals surface area contributed by atoms with E-state index in [1.165, 1.54) is 0 Å². The third-order valence-corrected chi connectivity index (χ3v) is 0.940. The van der Waals surface area contributed by atoms with Gasteiger partial charge in [0.2, 0.25) is 0 Å². The highest BCUT2D eigenvalue weighted by atomic mass is 14.9. The molecule has 0 aromatic rings. The van der Waals surface area contributed by atoms with E-state index in [-0.39, 0.29) is 0 Å². The Morgan fingerprint density at radius 1 is 1.67 bits per heavy atom. The summed E-state index contributed by atoms with van der Waals surface area (Å²) in [6.45, 7) is 5.26. The summed E-state index contributed by atoms with van der Waals surface area (Å²) in [7, 11) is 2.06. The minimum atomic E-state index is 1.11. The fraction of sp³-hybridized carbons (Fsp3) is 0.800. The van der Waals surface area contributed by atoms with E-state index < -0.39 is 0 Å². The van der Waals surface area contributed by atoms with Crippen LogP contribution in [-0.4, -0.2) is 24.4 Å². The second-order valence-corrected chi connectivity index (χ2v) is 1.33. The molecule has 0 aromatic carbocycles. The van der Waals surface area contributed by atoms with Crippen molar-refractivity contribution in [2.45, 2.75) is 13.8 Å². The molecule has 0 heterocycles. The Balaban J connectivity index is 3.22. The van der Waals surface area contributed by atoms with Gasteiger partial charge in [-0.3, -0.25) is 0 Å². The molecule has 0 spiro atoms. The van der Waals surface area contributed by atoms with Crippen molar-refractivity contribution in [2.24, 2.45) is 0 Å². The first-order valence-corrected chi connectivity index (χ1v) is 2.31. The third-order valence-electron chi connectivity index (χ3n) is 0.940. The van der Waals surface area contributed by atoms with Gasteiger partial charge in [0.15, 0.2) is 0 Å². The van der Waals surface area contributed by atoms with E-state index in [2.05, 4.69) is 24.8 Å². The standard InChI is InChI=1S/C5H12N/c1-4-6(3)5-2/h4H,5H2,1-3H3/q+1/b6-4+. The van der Waals surface area contributed by atoms with Crippen molar-refractivity contribution in [1.29, 1.82) is 0 Å². The van der Waals surface area contributed by atoms with E-state index in [1.54, 1.807) is 0 Å². The SMILES string of the molecule is C/C=[N+](\C)CC. The summed E-state index contributed by atoms with van der Waals surface area (Å²) in [5.41, 5.74) is 0. The summed E-state index contributed by atoms with van der Waals surface area (Å²) in [6.07, 6.45) is 2.06. The first-order chi connectivity index (χ1) is 2.81. The van der Waals surface area contributed by atoms with Crippen LogP contribution in [0.2, 0.25) is 0 Å². The zero-order chi connectivity index (χ0) is 4.99. The van der Waals surface area contributed by atoms with Gasteiger partial charge in [-0.1, -0.05) is 0 Å². The van der Waals surface area contributed by atoms with Crippen LogP contribution in [-0.2, 0) is 0 Å². The molecule has 1 nitrogen and oxygen atoms in total. The van der Waals surface area contributed by atoms with Crippen LogP contribution in [0.4, 0.5) is 0 Å². The molecule has 0 saturated heterocycles. The molecule has 0 aliphatic carbocycles. The molecule has 0 aliphatic heterocycles. The normalized spacial score (nSPS) is 12.2. The second kappa shape index (κ2) is 2.88. The summed E-state index contributed by atoms with van der Waals surface area (Å²) < 4.78 is 2.12. The zero-order valence-electron chi connectivity index (χ0n) is 4.73. The Bertz CT molecular complexity index is 55.0. The van der Waals surface area contributed by atoms with Crippen molar-refractivity contribution >= 4 is 6.21 Å². The molecular weight excluding hydrogens is 74.1 g/mol. The minimum absolute atomic E-state index is 1.11. The van der Waals surface area contributed by atoms with Gasteiger partial charge in [0.1, 0.15) is 19.8 Å². The van der Waals surface area contributed by atoms with Crippen molar-refractivity contribution in [2.75, 3.05) is 13.6 Å². The average molecular weight is 86.2 g/mol. The average Bonchev–Trinajstić information content (AvgIpc) is 1.65. The lowest BCUT2D eigenvalue weighted by atomic mass is 10.7. The highest BCUT2D eigenvalue weighted by Gasteiger charge is 1.77. The van der Waals surface area contributed by atoms with E-state index in [0.717, 1.165) is 6.54 Å². The van der Waals surface area contributed by atoms with Gasteiger partial charge in [-0.05, 0) is 6.92 Å². The topological polar surface area (TPSA) is 3.01 Å². The first-order valence-electron chi connectivity index (χ1n) is 2.31. The molecule has 1 heteroatoms. The molecule has 0 unspecified atom stereocenters. The van der Waals surface area contributed by atoms with E-state index >= 15 is 0 Å². The van der Waals surface area contributed by atoms with Crippen LogP contribution in [0.15, 0.2) is 0 Å². The van der Waals surface area contributed by atoms with Gasteiger partial charge in [0.25, 0.3) is 0 Å². The number of rotatable bonds is 1. The number of hydrogen-bond donors (Lipinski definition) is 0. The summed E-state index contributed by atoms with van der Waals surface area (Å²) >= 11 is 0. The summed E-state index contributed by atoms with van der Waals surface area (Å²) in [5, 5.41) is 0. The van der Waals surface area contributed by atoms with Gasteiger partial charge in [0.05, 0.1) is 0 Å². The third kappa shape index (κ3) is 1.94. The Hall–Kier alpha value is -0.330. The Morgan fingerprint density at radius 2 is 2.17 bits per heavy atom. The highest BCUT2D eigenvalue weighted by molar-refractivity contribution is 5.46. The van der Waals surface area contributed by atoms with Gasteiger partial charge in [-0.2, -0.15) is 0 Å². The van der Waals surface area contributed by atoms with Crippen molar-refractivity contribution in [3.63, 3.8) is 0 Å². The maximum absolute atomic E-state index is 2.12. The van der Waals surface area contributed by atoms with E-state index in [9.17, 15) is 0 Å². The predicted octanol–water partition coefficient (Wildman–Crippen LogP) is 0.739. The Labute approximate surface area is 39.3 Å². The zero-order valence-corrected chi connectivity index (χ0v) is 4.73. The number of nitrogens with zero attached hydrogens (tertiary/aromatic N) is 1. The lowest BCUT2D eigenvalue weighted by Crippen LogP contribution is -2.02. The largest absolute Gasteiger partial charge is 0.243 e. The van der Waals surface area contributed by atoms with Crippen LogP contribution in [0, 0.1) is 0 Å². The molecule has 6 heavy (non-hydrogen) atoms. The Kier molecular flexibility index (Phi) is 2.73. The van der Waals surface area contributed by atoms with Crippen LogP contribution >= 0.6 is 0 Å². The van der Waals surface area contributed by atoms with Crippen LogP contribution in [0.25, 0.3) is 0 Å². The molecule has 0 bridgehead atoms. The maximum Gasteiger partial charge on any atom is 0.139 e. The van der Waals surface area contributed by atoms with Crippen LogP contribution in [0.5, 0.6) is 0 Å². The number of hydrogen-bond acceptors (Lipinski definition) is 0. The smallest absolute Gasteiger partial charge is 0.139 e. The van der Waals surface area contributed by atoms with Crippen LogP contribution in [0.1, 0.15) is 13.8 Å². The molecule has 0 radical (unpaired) electrons. The predicted molar refractivity (Wildman–Crippen MR) is 28.5 cm³/mol. The van der Waals surface area contributed by atoms with Gasteiger partial charge < -0.3 is 0 Å². The quantitative estimate of drug-likeness (QED) is 0.327. The van der Waals surface area contributed by atoms with Crippen molar-refractivity contribution in [1.82, 2.24) is 0 Å². The monoisotopic (exact) mass is 86.1 g/mol. The van der Waals surface area contributed by atoms with E-state index in [0.29, 0.717) is 0 Å². The van der Waals surface area contributed by atoms with Crippen molar-refractivity contribution in [3.05, 3.63) is 0 Å². The molecule has 0 fully saturated rings. The minimum Gasteiger partial charge on any atom is -0.243 e. The maximum atomic E-state index is 2.12. The second-order valence-electron chi connectivity index (χ2n) is 1.33. The molecule has 0 N–H and O–H groups in total. The molecule has 0 aliphatic rings. The lowest BCUT2D eigenvalue weighted by Gasteiger charge is -1.82. The van der Waals surface area contributed by atoms with Gasteiger partial charge in [-0.25, -0.2) is 4.58 Å². The molecular formula is C5H12N+. The molecule has 36 valence electrons.